The number of hydrogen-bond donors (Lipinski definition) is 1. The van der Waals surface area contributed by atoms with Crippen LogP contribution < -0.4 is 10.6 Å². The number of nitrogens with zero attached hydrogens (tertiary/aromatic N) is 3. The molecule has 1 aromatic heterocycles. The molecule has 4 nitrogen and oxygen atoms in total. The number of halogens is 1. The molecule has 1 aliphatic heterocycles. The summed E-state index contributed by atoms with van der Waals surface area (Å²) in [5.74, 6) is 0.840. The third-order valence-electron chi connectivity index (χ3n) is 5.41. The van der Waals surface area contributed by atoms with Gasteiger partial charge in [-0.2, -0.15) is 0 Å². The van der Waals surface area contributed by atoms with E-state index in [0.29, 0.717) is 10.7 Å². The van der Waals surface area contributed by atoms with E-state index in [1.807, 2.05) is 24.4 Å². The van der Waals surface area contributed by atoms with Crippen molar-refractivity contribution in [2.75, 3.05) is 43.4 Å². The summed E-state index contributed by atoms with van der Waals surface area (Å²) in [6.45, 7) is 9.95. The molecule has 0 amide bonds. The molecular weight excluding hydrogens is 332 g/mol. The first-order valence-electron chi connectivity index (χ1n) is 9.40. The molecule has 2 aromatic rings. The second-order valence-electron chi connectivity index (χ2n) is 7.18. The van der Waals surface area contributed by atoms with Crippen LogP contribution in [-0.4, -0.2) is 42.6 Å². The van der Waals surface area contributed by atoms with Crippen molar-refractivity contribution in [2.24, 2.45) is 5.92 Å². The number of piperazine rings is 1. The van der Waals surface area contributed by atoms with Gasteiger partial charge in [-0.3, -0.25) is 9.88 Å². The lowest BCUT2D eigenvalue weighted by molar-refractivity contribution is 0.247. The van der Waals surface area contributed by atoms with Gasteiger partial charge in [0.2, 0.25) is 0 Å². The van der Waals surface area contributed by atoms with Crippen molar-refractivity contribution in [3.05, 3.63) is 29.4 Å². The Morgan fingerprint density at radius 2 is 2.04 bits per heavy atom. The quantitative estimate of drug-likeness (QED) is 0.774. The Hall–Kier alpha value is -1.52. The summed E-state index contributed by atoms with van der Waals surface area (Å²) in [6.07, 6.45) is 5.72. The van der Waals surface area contributed by atoms with Gasteiger partial charge in [-0.1, -0.05) is 31.9 Å². The molecule has 0 aliphatic carbocycles. The van der Waals surface area contributed by atoms with Crippen LogP contribution in [0.15, 0.2) is 24.4 Å². The molecule has 2 N–H and O–H groups in total. The third kappa shape index (κ3) is 4.18. The smallest absolute Gasteiger partial charge is 0.0971 e. The monoisotopic (exact) mass is 360 g/mol. The minimum atomic E-state index is 0.695. The van der Waals surface area contributed by atoms with E-state index in [-0.39, 0.29) is 0 Å². The molecule has 1 aromatic carbocycles. The van der Waals surface area contributed by atoms with E-state index >= 15 is 0 Å². The van der Waals surface area contributed by atoms with Gasteiger partial charge >= 0.3 is 0 Å². The SMILES string of the molecule is CCC(C)CCCN1CCN(c2c(Cl)cc(N)c3cccnc23)CC1. The maximum absolute atomic E-state index is 6.54. The van der Waals surface area contributed by atoms with Crippen LogP contribution in [0.25, 0.3) is 10.9 Å². The Morgan fingerprint density at radius 1 is 1.28 bits per heavy atom. The van der Waals surface area contributed by atoms with Crippen LogP contribution in [0, 0.1) is 5.92 Å². The van der Waals surface area contributed by atoms with Crippen LogP contribution in [0.4, 0.5) is 11.4 Å². The number of nitrogen functional groups attached to an aromatic ring is 1. The van der Waals surface area contributed by atoms with Gasteiger partial charge in [0.15, 0.2) is 0 Å². The zero-order valence-electron chi connectivity index (χ0n) is 15.3. The Balaban J connectivity index is 1.66. The molecule has 0 saturated carbocycles. The van der Waals surface area contributed by atoms with Crippen LogP contribution in [0.1, 0.15) is 33.1 Å². The Labute approximate surface area is 156 Å². The molecule has 136 valence electrons. The molecule has 25 heavy (non-hydrogen) atoms. The van der Waals surface area contributed by atoms with Crippen molar-refractivity contribution in [2.45, 2.75) is 33.1 Å². The second kappa shape index (κ2) is 8.24. The molecule has 3 rings (SSSR count). The van der Waals surface area contributed by atoms with Crippen molar-refractivity contribution < 1.29 is 0 Å². The van der Waals surface area contributed by atoms with Gasteiger partial charge in [0, 0.05) is 43.4 Å². The second-order valence-corrected chi connectivity index (χ2v) is 7.59. The van der Waals surface area contributed by atoms with Gasteiger partial charge in [-0.05, 0) is 43.5 Å². The maximum Gasteiger partial charge on any atom is 0.0971 e. The minimum absolute atomic E-state index is 0.695. The molecular formula is C20H29ClN4. The van der Waals surface area contributed by atoms with Crippen LogP contribution in [0.3, 0.4) is 0 Å². The molecule has 0 spiro atoms. The maximum atomic E-state index is 6.54. The first-order valence-corrected chi connectivity index (χ1v) is 9.78. The van der Waals surface area contributed by atoms with E-state index in [0.717, 1.165) is 48.7 Å². The molecule has 2 heterocycles. The average molecular weight is 361 g/mol. The van der Waals surface area contributed by atoms with Crippen molar-refractivity contribution in [3.8, 4) is 0 Å². The highest BCUT2D eigenvalue weighted by Gasteiger charge is 2.22. The highest BCUT2D eigenvalue weighted by molar-refractivity contribution is 6.35. The summed E-state index contributed by atoms with van der Waals surface area (Å²) >= 11 is 6.54. The summed E-state index contributed by atoms with van der Waals surface area (Å²) in [5.41, 5.74) is 8.76. The van der Waals surface area contributed by atoms with Crippen molar-refractivity contribution in [3.63, 3.8) is 0 Å². The van der Waals surface area contributed by atoms with E-state index in [4.69, 9.17) is 17.3 Å². The molecule has 1 aliphatic rings. The standard InChI is InChI=1S/C20H29ClN4/c1-3-15(2)6-5-9-24-10-12-25(13-11-24)20-17(21)14-18(22)16-7-4-8-23-19(16)20/h4,7-8,14-15H,3,5-6,9-13,22H2,1-2H3. The highest BCUT2D eigenvalue weighted by atomic mass is 35.5. The Kier molecular flexibility index (Phi) is 6.02. The number of pyridine rings is 1. The molecule has 1 saturated heterocycles. The molecule has 0 bridgehead atoms. The fourth-order valence-electron chi connectivity index (χ4n) is 3.59. The number of nitrogens with two attached hydrogens (primary N) is 1. The van der Waals surface area contributed by atoms with E-state index in [9.17, 15) is 0 Å². The molecule has 5 heteroatoms. The largest absolute Gasteiger partial charge is 0.398 e. The Morgan fingerprint density at radius 3 is 2.76 bits per heavy atom. The average Bonchev–Trinajstić information content (AvgIpc) is 2.63. The van der Waals surface area contributed by atoms with Crippen molar-refractivity contribution >= 4 is 33.9 Å². The number of benzene rings is 1. The van der Waals surface area contributed by atoms with Gasteiger partial charge < -0.3 is 10.6 Å². The van der Waals surface area contributed by atoms with Crippen molar-refractivity contribution in [1.82, 2.24) is 9.88 Å². The first-order chi connectivity index (χ1) is 12.1. The first kappa shape index (κ1) is 18.3. The summed E-state index contributed by atoms with van der Waals surface area (Å²) in [5, 5.41) is 1.69. The normalized spacial score (nSPS) is 17.2. The topological polar surface area (TPSA) is 45.4 Å². The van der Waals surface area contributed by atoms with Crippen LogP contribution in [0.2, 0.25) is 5.02 Å². The molecule has 1 fully saturated rings. The summed E-state index contributed by atoms with van der Waals surface area (Å²) in [7, 11) is 0. The van der Waals surface area contributed by atoms with Gasteiger partial charge in [-0.25, -0.2) is 0 Å². The lowest BCUT2D eigenvalue weighted by Crippen LogP contribution is -2.46. The lowest BCUT2D eigenvalue weighted by atomic mass is 10.0. The fourth-order valence-corrected chi connectivity index (χ4v) is 3.91. The number of fused-ring (bicyclic) bond motifs is 1. The molecule has 1 atom stereocenters. The fraction of sp³-hybridized carbons (Fsp3) is 0.550. The van der Waals surface area contributed by atoms with Gasteiger partial charge in [0.1, 0.15) is 0 Å². The number of rotatable bonds is 6. The predicted molar refractivity (Wildman–Crippen MR) is 109 cm³/mol. The van der Waals surface area contributed by atoms with Gasteiger partial charge in [0.25, 0.3) is 0 Å². The molecule has 1 unspecified atom stereocenters. The lowest BCUT2D eigenvalue weighted by Gasteiger charge is -2.37. The zero-order valence-corrected chi connectivity index (χ0v) is 16.1. The van der Waals surface area contributed by atoms with E-state index < -0.39 is 0 Å². The predicted octanol–water partition coefficient (Wildman–Crippen LogP) is 4.42. The molecule has 0 radical (unpaired) electrons. The summed E-state index contributed by atoms with van der Waals surface area (Å²) in [6, 6.07) is 5.80. The Bertz CT molecular complexity index is 710. The van der Waals surface area contributed by atoms with E-state index in [1.54, 1.807) is 0 Å². The number of hydrogen-bond acceptors (Lipinski definition) is 4. The zero-order chi connectivity index (χ0) is 17.8. The van der Waals surface area contributed by atoms with Crippen LogP contribution in [0.5, 0.6) is 0 Å². The van der Waals surface area contributed by atoms with Crippen LogP contribution in [-0.2, 0) is 0 Å². The number of aromatic nitrogens is 1. The summed E-state index contributed by atoms with van der Waals surface area (Å²) < 4.78 is 0. The van der Waals surface area contributed by atoms with Crippen LogP contribution >= 0.6 is 11.6 Å². The van der Waals surface area contributed by atoms with Crippen molar-refractivity contribution in [1.29, 1.82) is 0 Å². The van der Waals surface area contributed by atoms with Gasteiger partial charge in [0.05, 0.1) is 16.2 Å². The number of anilines is 2. The van der Waals surface area contributed by atoms with E-state index in [2.05, 4.69) is 28.6 Å². The highest BCUT2D eigenvalue weighted by Crippen LogP contribution is 2.37. The van der Waals surface area contributed by atoms with Gasteiger partial charge in [-0.15, -0.1) is 0 Å². The van der Waals surface area contributed by atoms with E-state index in [1.165, 1.54) is 25.8 Å². The third-order valence-corrected chi connectivity index (χ3v) is 5.70. The summed E-state index contributed by atoms with van der Waals surface area (Å²) in [4.78, 5) is 9.49. The minimum Gasteiger partial charge on any atom is -0.398 e.